The van der Waals surface area contributed by atoms with Crippen molar-refractivity contribution in [3.63, 3.8) is 0 Å². The van der Waals surface area contributed by atoms with Gasteiger partial charge in [0.05, 0.1) is 6.54 Å². The van der Waals surface area contributed by atoms with Crippen LogP contribution >= 0.6 is 0 Å². The van der Waals surface area contributed by atoms with Crippen LogP contribution in [0, 0.1) is 0 Å². The van der Waals surface area contributed by atoms with Crippen LogP contribution < -0.4 is 5.43 Å². The zero-order valence-corrected chi connectivity index (χ0v) is 8.98. The van der Waals surface area contributed by atoms with Gasteiger partial charge in [0.1, 0.15) is 6.34 Å². The molecule has 0 spiro atoms. The maximum Gasteiger partial charge on any atom is 0.191 e. The van der Waals surface area contributed by atoms with E-state index in [9.17, 15) is 0 Å². The predicted molar refractivity (Wildman–Crippen MR) is 65.3 cm³/mol. The highest BCUT2D eigenvalue weighted by Crippen LogP contribution is 2.10. The lowest BCUT2D eigenvalue weighted by molar-refractivity contribution is 0.943. The Morgan fingerprint density at radius 1 is 1.24 bits per heavy atom. The number of nitrogens with zero attached hydrogens (tertiary/aromatic N) is 5. The zero-order valence-electron chi connectivity index (χ0n) is 8.98. The lowest BCUT2D eigenvalue weighted by atomic mass is 10.2. The Bertz CT molecular complexity index is 528. The molecule has 0 saturated heterocycles. The van der Waals surface area contributed by atoms with Gasteiger partial charge >= 0.3 is 0 Å². The van der Waals surface area contributed by atoms with Crippen LogP contribution in [-0.4, -0.2) is 24.1 Å². The van der Waals surface area contributed by atoms with Crippen molar-refractivity contribution in [3.8, 4) is 0 Å². The second-order valence-corrected chi connectivity index (χ2v) is 3.65. The van der Waals surface area contributed by atoms with Crippen LogP contribution in [0.25, 0.3) is 0 Å². The molecule has 0 aromatic heterocycles. The summed E-state index contributed by atoms with van der Waals surface area (Å²) in [5.41, 5.74) is 3.86. The molecule has 1 unspecified atom stereocenters. The van der Waals surface area contributed by atoms with E-state index in [2.05, 4.69) is 30.7 Å². The summed E-state index contributed by atoms with van der Waals surface area (Å²) in [6, 6.07) is 9.76. The molecule has 2 aliphatic heterocycles. The SMILES string of the molecule is C1=NC(=NCc2ccccc2)C2N=NNC2=N1. The van der Waals surface area contributed by atoms with Gasteiger partial charge in [0.25, 0.3) is 0 Å². The van der Waals surface area contributed by atoms with Crippen LogP contribution in [0.5, 0.6) is 0 Å². The first-order valence-corrected chi connectivity index (χ1v) is 5.28. The highest BCUT2D eigenvalue weighted by molar-refractivity contribution is 6.16. The van der Waals surface area contributed by atoms with E-state index in [0.29, 0.717) is 18.2 Å². The summed E-state index contributed by atoms with van der Waals surface area (Å²) in [6.45, 7) is 0.590. The molecule has 1 aromatic rings. The molecule has 6 heteroatoms. The molecule has 2 heterocycles. The Kier molecular flexibility index (Phi) is 2.45. The number of fused-ring (bicyclic) bond motifs is 1. The maximum absolute atomic E-state index is 4.44. The second kappa shape index (κ2) is 4.25. The van der Waals surface area contributed by atoms with E-state index in [-0.39, 0.29) is 6.04 Å². The standard InChI is InChI=1S/C11H10N6/c1-2-4-8(5-3-1)6-12-10-9-11(14-7-13-10)16-17-15-9/h1-5,7,9H,6H2,(H,12,13,14,15,16). The topological polar surface area (TPSA) is 73.8 Å². The molecule has 0 radical (unpaired) electrons. The molecular formula is C11H10N6. The van der Waals surface area contributed by atoms with Crippen molar-refractivity contribution < 1.29 is 0 Å². The average Bonchev–Trinajstić information content (AvgIpc) is 2.86. The van der Waals surface area contributed by atoms with E-state index in [4.69, 9.17) is 0 Å². The largest absolute Gasteiger partial charge is 0.263 e. The summed E-state index contributed by atoms with van der Waals surface area (Å²) in [5.74, 6) is 1.33. The molecule has 3 rings (SSSR count). The second-order valence-electron chi connectivity index (χ2n) is 3.65. The number of amidine groups is 2. The predicted octanol–water partition coefficient (Wildman–Crippen LogP) is 1.36. The summed E-state index contributed by atoms with van der Waals surface area (Å²) in [5, 5.41) is 7.71. The number of rotatable bonds is 2. The zero-order chi connectivity index (χ0) is 11.5. The van der Waals surface area contributed by atoms with Crippen LogP contribution in [0.4, 0.5) is 0 Å². The molecular weight excluding hydrogens is 216 g/mol. The summed E-state index contributed by atoms with van der Waals surface area (Å²) in [6.07, 6.45) is 1.47. The molecule has 2 aliphatic rings. The van der Waals surface area contributed by atoms with Crippen molar-refractivity contribution in [1.82, 2.24) is 5.43 Å². The van der Waals surface area contributed by atoms with Crippen molar-refractivity contribution >= 4 is 18.0 Å². The molecule has 17 heavy (non-hydrogen) atoms. The monoisotopic (exact) mass is 226 g/mol. The highest BCUT2D eigenvalue weighted by atomic mass is 15.5. The van der Waals surface area contributed by atoms with E-state index in [1.807, 2.05) is 30.3 Å². The van der Waals surface area contributed by atoms with Gasteiger partial charge in [-0.05, 0) is 5.56 Å². The van der Waals surface area contributed by atoms with Gasteiger partial charge in [-0.2, -0.15) is 5.11 Å². The number of aliphatic imine (C=N–C) groups is 3. The summed E-state index contributed by atoms with van der Waals surface area (Å²) >= 11 is 0. The molecule has 0 aliphatic carbocycles. The van der Waals surface area contributed by atoms with Crippen molar-refractivity contribution in [2.24, 2.45) is 25.3 Å². The van der Waals surface area contributed by atoms with Crippen molar-refractivity contribution in [2.45, 2.75) is 12.6 Å². The molecule has 1 N–H and O–H groups in total. The quantitative estimate of drug-likeness (QED) is 0.812. The van der Waals surface area contributed by atoms with Gasteiger partial charge < -0.3 is 0 Å². The number of benzene rings is 1. The van der Waals surface area contributed by atoms with E-state index < -0.39 is 0 Å². The Labute approximate surface area is 97.9 Å². The minimum Gasteiger partial charge on any atom is -0.263 e. The third kappa shape index (κ3) is 1.96. The molecule has 6 nitrogen and oxygen atoms in total. The fourth-order valence-corrected chi connectivity index (χ4v) is 1.63. The van der Waals surface area contributed by atoms with Gasteiger partial charge in [-0.3, -0.25) is 4.99 Å². The molecule has 84 valence electrons. The van der Waals surface area contributed by atoms with Crippen LogP contribution in [0.1, 0.15) is 5.56 Å². The Hall–Kier alpha value is -2.37. The van der Waals surface area contributed by atoms with Crippen molar-refractivity contribution in [1.29, 1.82) is 0 Å². The summed E-state index contributed by atoms with van der Waals surface area (Å²) in [4.78, 5) is 12.6. The lowest BCUT2D eigenvalue weighted by Crippen LogP contribution is -2.33. The first-order chi connectivity index (χ1) is 8.43. The third-order valence-electron chi connectivity index (χ3n) is 2.49. The molecule has 0 bridgehead atoms. The third-order valence-corrected chi connectivity index (χ3v) is 2.49. The molecule has 0 amide bonds. The van der Waals surface area contributed by atoms with E-state index in [1.165, 1.54) is 6.34 Å². The lowest BCUT2D eigenvalue weighted by Gasteiger charge is -2.09. The van der Waals surface area contributed by atoms with Crippen LogP contribution in [0.3, 0.4) is 0 Å². The van der Waals surface area contributed by atoms with Crippen LogP contribution in [-0.2, 0) is 6.54 Å². The van der Waals surface area contributed by atoms with Gasteiger partial charge in [0.2, 0.25) is 0 Å². The Morgan fingerprint density at radius 2 is 2.12 bits per heavy atom. The first kappa shape index (κ1) is 9.83. The number of nitrogens with one attached hydrogen (secondary N) is 1. The Balaban J connectivity index is 1.79. The average molecular weight is 226 g/mol. The van der Waals surface area contributed by atoms with Crippen molar-refractivity contribution in [2.75, 3.05) is 0 Å². The van der Waals surface area contributed by atoms with Gasteiger partial charge in [0.15, 0.2) is 17.7 Å². The van der Waals surface area contributed by atoms with Crippen molar-refractivity contribution in [3.05, 3.63) is 35.9 Å². The Morgan fingerprint density at radius 3 is 3.00 bits per heavy atom. The van der Waals surface area contributed by atoms with E-state index >= 15 is 0 Å². The summed E-state index contributed by atoms with van der Waals surface area (Å²) < 4.78 is 0. The molecule has 1 aromatic carbocycles. The van der Waals surface area contributed by atoms with Gasteiger partial charge in [-0.15, -0.1) is 0 Å². The summed E-state index contributed by atoms with van der Waals surface area (Å²) in [7, 11) is 0. The normalized spacial score (nSPS) is 23.4. The highest BCUT2D eigenvalue weighted by Gasteiger charge is 2.27. The first-order valence-electron chi connectivity index (χ1n) is 5.28. The molecule has 0 saturated carbocycles. The van der Waals surface area contributed by atoms with Crippen LogP contribution in [0.15, 0.2) is 55.6 Å². The smallest absolute Gasteiger partial charge is 0.191 e. The van der Waals surface area contributed by atoms with E-state index in [1.54, 1.807) is 0 Å². The fourth-order valence-electron chi connectivity index (χ4n) is 1.63. The molecule has 0 fully saturated rings. The maximum atomic E-state index is 4.44. The van der Waals surface area contributed by atoms with E-state index in [0.717, 1.165) is 5.56 Å². The fraction of sp³-hybridized carbons (Fsp3) is 0.182. The number of hydrogen-bond acceptors (Lipinski definition) is 5. The van der Waals surface area contributed by atoms with Crippen LogP contribution in [0.2, 0.25) is 0 Å². The van der Waals surface area contributed by atoms with Gasteiger partial charge in [-0.1, -0.05) is 35.6 Å². The van der Waals surface area contributed by atoms with Gasteiger partial charge in [0, 0.05) is 0 Å². The van der Waals surface area contributed by atoms with Gasteiger partial charge in [-0.25, -0.2) is 15.4 Å². The minimum absolute atomic E-state index is 0.260. The molecule has 1 atom stereocenters. The number of hydrogen-bond donors (Lipinski definition) is 1. The minimum atomic E-state index is -0.260.